The molecule has 0 unspecified atom stereocenters. The van der Waals surface area contributed by atoms with E-state index in [2.05, 4.69) is 5.32 Å². The summed E-state index contributed by atoms with van der Waals surface area (Å²) in [6.07, 6.45) is -0.708. The fourth-order valence-electron chi connectivity index (χ4n) is 2.02. The van der Waals surface area contributed by atoms with Crippen molar-refractivity contribution in [1.29, 1.82) is 0 Å². The summed E-state index contributed by atoms with van der Waals surface area (Å²) in [6, 6.07) is 3.00. The number of alkyl carbamates (subject to hydrolysis) is 1. The third-order valence-electron chi connectivity index (χ3n) is 3.01. The molecule has 0 spiro atoms. The predicted molar refractivity (Wildman–Crippen MR) is 78.5 cm³/mol. The molecule has 7 heteroatoms. The van der Waals surface area contributed by atoms with E-state index in [4.69, 9.17) is 9.47 Å². The third-order valence-corrected chi connectivity index (χ3v) is 3.01. The Morgan fingerprint density at radius 3 is 2.77 bits per heavy atom. The fraction of sp³-hybridized carbons (Fsp3) is 0.467. The Morgan fingerprint density at radius 1 is 1.45 bits per heavy atom. The molecule has 120 valence electrons. The lowest BCUT2D eigenvalue weighted by Gasteiger charge is -2.23. The molecule has 0 saturated heterocycles. The molecular formula is C15H19FN2O4. The molecule has 6 nitrogen and oxygen atoms in total. The van der Waals surface area contributed by atoms with E-state index in [1.165, 1.54) is 30.1 Å². The van der Waals surface area contributed by atoms with Gasteiger partial charge in [0, 0.05) is 13.1 Å². The van der Waals surface area contributed by atoms with Crippen LogP contribution in [0.25, 0.3) is 0 Å². The van der Waals surface area contributed by atoms with Gasteiger partial charge in [0.2, 0.25) is 0 Å². The molecule has 1 atom stereocenters. The lowest BCUT2D eigenvalue weighted by Crippen LogP contribution is -2.50. The molecule has 2 rings (SSSR count). The van der Waals surface area contributed by atoms with Gasteiger partial charge in [0.1, 0.15) is 29.8 Å². The Morgan fingerprint density at radius 2 is 2.14 bits per heavy atom. The highest BCUT2D eigenvalue weighted by atomic mass is 19.1. The number of hydrogen-bond donors (Lipinski definition) is 1. The zero-order valence-corrected chi connectivity index (χ0v) is 13.0. The summed E-state index contributed by atoms with van der Waals surface area (Å²) >= 11 is 0. The minimum atomic E-state index is -0.907. The highest BCUT2D eigenvalue weighted by Gasteiger charge is 2.32. The van der Waals surface area contributed by atoms with Crippen molar-refractivity contribution < 1.29 is 23.5 Å². The van der Waals surface area contributed by atoms with E-state index in [0.717, 1.165) is 0 Å². The highest BCUT2D eigenvalue weighted by molar-refractivity contribution is 6.00. The van der Waals surface area contributed by atoms with Gasteiger partial charge in [0.25, 0.3) is 5.91 Å². The molecule has 1 aromatic rings. The van der Waals surface area contributed by atoms with E-state index in [1.807, 2.05) is 0 Å². The van der Waals surface area contributed by atoms with Crippen molar-refractivity contribution >= 4 is 17.7 Å². The summed E-state index contributed by atoms with van der Waals surface area (Å²) in [5, 5.41) is 2.47. The van der Waals surface area contributed by atoms with E-state index in [-0.39, 0.29) is 6.61 Å². The van der Waals surface area contributed by atoms with Gasteiger partial charge in [-0.15, -0.1) is 0 Å². The van der Waals surface area contributed by atoms with Gasteiger partial charge < -0.3 is 19.7 Å². The van der Waals surface area contributed by atoms with Crippen LogP contribution in [0.2, 0.25) is 0 Å². The third kappa shape index (κ3) is 3.66. The van der Waals surface area contributed by atoms with Gasteiger partial charge in [0.15, 0.2) is 0 Å². The number of anilines is 1. The van der Waals surface area contributed by atoms with Crippen LogP contribution in [-0.2, 0) is 9.53 Å². The molecule has 2 amide bonds. The van der Waals surface area contributed by atoms with Crippen LogP contribution in [0.5, 0.6) is 5.75 Å². The first-order valence-electron chi connectivity index (χ1n) is 6.87. The van der Waals surface area contributed by atoms with Crippen LogP contribution < -0.4 is 15.0 Å². The van der Waals surface area contributed by atoms with E-state index >= 15 is 0 Å². The van der Waals surface area contributed by atoms with E-state index < -0.39 is 29.5 Å². The molecule has 1 aliphatic heterocycles. The molecule has 22 heavy (non-hydrogen) atoms. The van der Waals surface area contributed by atoms with E-state index in [0.29, 0.717) is 11.4 Å². The number of hydrogen-bond acceptors (Lipinski definition) is 4. The Bertz CT molecular complexity index is 598. The largest absolute Gasteiger partial charge is 0.489 e. The maximum Gasteiger partial charge on any atom is 0.408 e. The Balaban J connectivity index is 2.15. The maximum absolute atomic E-state index is 13.3. The summed E-state index contributed by atoms with van der Waals surface area (Å²) in [5.74, 6) is -0.499. The van der Waals surface area contributed by atoms with Crippen molar-refractivity contribution in [2.45, 2.75) is 32.4 Å². The fourth-order valence-corrected chi connectivity index (χ4v) is 2.02. The lowest BCUT2D eigenvalue weighted by molar-refractivity contribution is -0.120. The molecule has 1 N–H and O–H groups in total. The van der Waals surface area contributed by atoms with Gasteiger partial charge in [0.05, 0.1) is 5.69 Å². The van der Waals surface area contributed by atoms with Crippen LogP contribution in [0.4, 0.5) is 14.9 Å². The molecule has 1 heterocycles. The van der Waals surface area contributed by atoms with Gasteiger partial charge in [-0.3, -0.25) is 4.79 Å². The smallest absolute Gasteiger partial charge is 0.408 e. The molecule has 0 fully saturated rings. The van der Waals surface area contributed by atoms with Crippen molar-refractivity contribution in [2.75, 3.05) is 18.6 Å². The maximum atomic E-state index is 13.3. The van der Waals surface area contributed by atoms with Crippen LogP contribution in [0.3, 0.4) is 0 Å². The van der Waals surface area contributed by atoms with Gasteiger partial charge in [-0.1, -0.05) is 0 Å². The topological polar surface area (TPSA) is 67.9 Å². The van der Waals surface area contributed by atoms with Crippen molar-refractivity contribution in [3.63, 3.8) is 0 Å². The molecule has 0 saturated carbocycles. The number of fused-ring (bicyclic) bond motifs is 1. The zero-order valence-electron chi connectivity index (χ0n) is 13.0. The minimum Gasteiger partial charge on any atom is -0.489 e. The van der Waals surface area contributed by atoms with Gasteiger partial charge in [-0.2, -0.15) is 0 Å². The van der Waals surface area contributed by atoms with Crippen molar-refractivity contribution in [2.24, 2.45) is 0 Å². The van der Waals surface area contributed by atoms with Crippen LogP contribution in [0.15, 0.2) is 18.2 Å². The van der Waals surface area contributed by atoms with Crippen molar-refractivity contribution in [3.05, 3.63) is 24.0 Å². The minimum absolute atomic E-state index is 0.0545. The first kappa shape index (κ1) is 16.1. The second-order valence-corrected chi connectivity index (χ2v) is 6.02. The number of benzene rings is 1. The summed E-state index contributed by atoms with van der Waals surface area (Å²) in [7, 11) is 1.50. The Hall–Kier alpha value is -2.31. The number of rotatable bonds is 1. The average Bonchev–Trinajstić information content (AvgIpc) is 2.50. The number of carbonyl (C=O) groups is 2. The molecular weight excluding hydrogens is 291 g/mol. The average molecular weight is 310 g/mol. The summed E-state index contributed by atoms with van der Waals surface area (Å²) in [6.45, 7) is 5.12. The number of nitrogens with zero attached hydrogens (tertiary/aromatic N) is 1. The second kappa shape index (κ2) is 5.82. The standard InChI is InChI=1S/C15H19FN2O4/c1-15(2,3)22-14(20)17-10-8-21-12-6-5-9(16)7-11(12)18(4)13(10)19/h5-7,10H,8H2,1-4H3,(H,17,20)/t10-/m0/s1. The van der Waals surface area contributed by atoms with Crippen LogP contribution in [-0.4, -0.2) is 37.3 Å². The lowest BCUT2D eigenvalue weighted by atomic mass is 10.2. The first-order valence-corrected chi connectivity index (χ1v) is 6.87. The number of carbonyl (C=O) groups excluding carboxylic acids is 2. The van der Waals surface area contributed by atoms with Crippen LogP contribution >= 0.6 is 0 Å². The second-order valence-electron chi connectivity index (χ2n) is 6.02. The SMILES string of the molecule is CN1C(=O)[C@@H](NC(=O)OC(C)(C)C)COc2ccc(F)cc21. The Kier molecular flexibility index (Phi) is 4.25. The first-order chi connectivity index (χ1) is 10.2. The molecule has 0 aliphatic carbocycles. The van der Waals surface area contributed by atoms with Crippen molar-refractivity contribution in [3.8, 4) is 5.75 Å². The van der Waals surface area contributed by atoms with E-state index in [1.54, 1.807) is 20.8 Å². The van der Waals surface area contributed by atoms with E-state index in [9.17, 15) is 14.0 Å². The number of likely N-dealkylation sites (N-methyl/N-ethyl adjacent to an activating group) is 1. The van der Waals surface area contributed by atoms with Crippen molar-refractivity contribution in [1.82, 2.24) is 5.32 Å². The summed E-state index contributed by atoms with van der Waals surface area (Å²) in [4.78, 5) is 25.4. The van der Waals surface area contributed by atoms with Crippen LogP contribution in [0.1, 0.15) is 20.8 Å². The molecule has 0 bridgehead atoms. The molecule has 0 aromatic heterocycles. The molecule has 1 aromatic carbocycles. The summed E-state index contributed by atoms with van der Waals surface area (Å²) < 4.78 is 24.0. The number of amides is 2. The quantitative estimate of drug-likeness (QED) is 0.862. The van der Waals surface area contributed by atoms with Gasteiger partial charge in [-0.25, -0.2) is 9.18 Å². The predicted octanol–water partition coefficient (Wildman–Crippen LogP) is 2.07. The number of nitrogens with one attached hydrogen (secondary N) is 1. The van der Waals surface area contributed by atoms with Crippen LogP contribution in [0, 0.1) is 5.82 Å². The number of ether oxygens (including phenoxy) is 2. The monoisotopic (exact) mass is 310 g/mol. The summed E-state index contributed by atoms with van der Waals surface area (Å²) in [5.41, 5.74) is -0.352. The number of halogens is 1. The molecule has 1 aliphatic rings. The normalized spacial score (nSPS) is 18.1. The molecule has 0 radical (unpaired) electrons. The van der Waals surface area contributed by atoms with Gasteiger partial charge >= 0.3 is 6.09 Å². The van der Waals surface area contributed by atoms with Gasteiger partial charge in [-0.05, 0) is 32.9 Å². The Labute approximate surface area is 128 Å². The zero-order chi connectivity index (χ0) is 16.5. The highest BCUT2D eigenvalue weighted by Crippen LogP contribution is 2.31.